The molecule has 0 fully saturated rings. The number of hydrogen-bond donors (Lipinski definition) is 0. The first-order chi connectivity index (χ1) is 6.52. The lowest BCUT2D eigenvalue weighted by Crippen LogP contribution is -2.24. The lowest BCUT2D eigenvalue weighted by Gasteiger charge is -2.22. The highest BCUT2D eigenvalue weighted by molar-refractivity contribution is 6.46. The van der Waals surface area contributed by atoms with Gasteiger partial charge in [-0.15, -0.1) is 0 Å². The number of ether oxygens (including phenoxy) is 1. The number of rotatable bonds is 4. The zero-order valence-electron chi connectivity index (χ0n) is 8.21. The molecule has 14 heavy (non-hydrogen) atoms. The number of hydrogen-bond acceptors (Lipinski definition) is 2. The van der Waals surface area contributed by atoms with Crippen molar-refractivity contribution in [1.82, 2.24) is 4.90 Å². The van der Waals surface area contributed by atoms with E-state index >= 15 is 0 Å². The molecular formula is C10H13Cl2NO. The first-order valence-electron chi connectivity index (χ1n) is 4.24. The maximum Gasteiger partial charge on any atom is 0.245 e. The van der Waals surface area contributed by atoms with Crippen LogP contribution in [0, 0.1) is 0 Å². The van der Waals surface area contributed by atoms with Gasteiger partial charge in [0, 0.05) is 5.56 Å². The summed E-state index contributed by atoms with van der Waals surface area (Å²) in [4.78, 5) is 1.85. The van der Waals surface area contributed by atoms with Gasteiger partial charge in [-0.1, -0.05) is 53.5 Å². The topological polar surface area (TPSA) is 12.5 Å². The maximum atomic E-state index is 6.02. The Hall–Kier alpha value is -0.280. The van der Waals surface area contributed by atoms with E-state index < -0.39 is 4.52 Å². The van der Waals surface area contributed by atoms with Crippen molar-refractivity contribution < 1.29 is 4.74 Å². The summed E-state index contributed by atoms with van der Waals surface area (Å²) < 4.78 is 4.06. The highest BCUT2D eigenvalue weighted by Crippen LogP contribution is 2.34. The molecule has 0 amide bonds. The van der Waals surface area contributed by atoms with E-state index in [2.05, 4.69) is 0 Å². The average molecular weight is 234 g/mol. The minimum absolute atomic E-state index is 0.377. The number of halogens is 2. The van der Waals surface area contributed by atoms with Gasteiger partial charge in [0.2, 0.25) is 4.52 Å². The largest absolute Gasteiger partial charge is 0.327 e. The molecule has 0 aliphatic rings. The van der Waals surface area contributed by atoms with E-state index in [0.717, 1.165) is 5.56 Å². The summed E-state index contributed by atoms with van der Waals surface area (Å²) in [6, 6.07) is 9.30. The average Bonchev–Trinajstić information content (AvgIpc) is 2.16. The van der Waals surface area contributed by atoms with Crippen molar-refractivity contribution in [1.29, 1.82) is 0 Å². The van der Waals surface area contributed by atoms with Gasteiger partial charge in [0.25, 0.3) is 0 Å². The summed E-state index contributed by atoms with van der Waals surface area (Å²) in [5, 5.41) is 0. The molecule has 0 spiro atoms. The van der Waals surface area contributed by atoms with Crippen molar-refractivity contribution in [2.45, 2.75) is 4.52 Å². The van der Waals surface area contributed by atoms with Crippen LogP contribution in [0.3, 0.4) is 0 Å². The second-order valence-electron chi connectivity index (χ2n) is 3.24. The normalized spacial score (nSPS) is 12.1. The molecule has 0 heterocycles. The van der Waals surface area contributed by atoms with Gasteiger partial charge in [0.15, 0.2) is 0 Å². The zero-order chi connectivity index (χ0) is 10.6. The Morgan fingerprint density at radius 2 is 1.79 bits per heavy atom. The molecule has 0 saturated carbocycles. The van der Waals surface area contributed by atoms with Crippen LogP contribution >= 0.6 is 23.2 Å². The zero-order valence-corrected chi connectivity index (χ0v) is 9.72. The van der Waals surface area contributed by atoms with Crippen LogP contribution in [-0.2, 0) is 9.26 Å². The molecule has 1 aromatic rings. The van der Waals surface area contributed by atoms with E-state index in [9.17, 15) is 0 Å². The Kier molecular flexibility index (Phi) is 4.20. The fourth-order valence-corrected chi connectivity index (χ4v) is 1.28. The molecular weight excluding hydrogens is 221 g/mol. The molecule has 0 aliphatic heterocycles. The van der Waals surface area contributed by atoms with Gasteiger partial charge in [-0.05, 0) is 14.1 Å². The first-order valence-corrected chi connectivity index (χ1v) is 5.00. The summed E-state index contributed by atoms with van der Waals surface area (Å²) in [6.45, 7) is 0.377. The van der Waals surface area contributed by atoms with Gasteiger partial charge in [-0.25, -0.2) is 0 Å². The van der Waals surface area contributed by atoms with Crippen molar-refractivity contribution in [2.24, 2.45) is 0 Å². The molecule has 78 valence electrons. The van der Waals surface area contributed by atoms with E-state index in [1.165, 1.54) is 0 Å². The molecule has 0 aliphatic carbocycles. The van der Waals surface area contributed by atoms with E-state index in [4.69, 9.17) is 27.9 Å². The van der Waals surface area contributed by atoms with Crippen molar-refractivity contribution in [3.05, 3.63) is 35.9 Å². The molecule has 2 nitrogen and oxygen atoms in total. The Labute approximate surface area is 94.4 Å². The molecule has 0 aromatic heterocycles. The van der Waals surface area contributed by atoms with Gasteiger partial charge >= 0.3 is 0 Å². The lowest BCUT2D eigenvalue weighted by molar-refractivity contribution is 0.0123. The minimum Gasteiger partial charge on any atom is -0.327 e. The highest BCUT2D eigenvalue weighted by Gasteiger charge is 2.27. The third-order valence-electron chi connectivity index (χ3n) is 1.61. The molecule has 0 bridgehead atoms. The van der Waals surface area contributed by atoms with Crippen LogP contribution in [0.2, 0.25) is 0 Å². The van der Waals surface area contributed by atoms with Gasteiger partial charge < -0.3 is 4.74 Å². The Bertz CT molecular complexity index is 275. The molecule has 4 heteroatoms. The molecule has 1 aromatic carbocycles. The molecule has 0 saturated heterocycles. The van der Waals surface area contributed by atoms with E-state index in [1.807, 2.05) is 49.3 Å². The Morgan fingerprint density at radius 3 is 2.29 bits per heavy atom. The van der Waals surface area contributed by atoms with Crippen molar-refractivity contribution >= 4 is 23.2 Å². The van der Waals surface area contributed by atoms with E-state index in [0.29, 0.717) is 6.73 Å². The minimum atomic E-state index is -1.27. The van der Waals surface area contributed by atoms with Crippen LogP contribution in [0.4, 0.5) is 0 Å². The molecule has 0 atom stereocenters. The summed E-state index contributed by atoms with van der Waals surface area (Å²) in [5.74, 6) is 0. The predicted octanol–water partition coefficient (Wildman–Crippen LogP) is 2.81. The van der Waals surface area contributed by atoms with Gasteiger partial charge in [0.05, 0.1) is 0 Å². The molecule has 1 rings (SSSR count). The Balaban J connectivity index is 2.66. The van der Waals surface area contributed by atoms with Crippen LogP contribution < -0.4 is 0 Å². The highest BCUT2D eigenvalue weighted by atomic mass is 35.5. The number of nitrogens with zero attached hydrogens (tertiary/aromatic N) is 1. The van der Waals surface area contributed by atoms with Crippen LogP contribution in [-0.4, -0.2) is 25.7 Å². The summed E-state index contributed by atoms with van der Waals surface area (Å²) in [5.41, 5.74) is 0.741. The summed E-state index contributed by atoms with van der Waals surface area (Å²) in [7, 11) is 3.77. The lowest BCUT2D eigenvalue weighted by atomic mass is 10.2. The molecule has 0 unspecified atom stereocenters. The smallest absolute Gasteiger partial charge is 0.245 e. The third kappa shape index (κ3) is 3.46. The van der Waals surface area contributed by atoms with E-state index in [-0.39, 0.29) is 0 Å². The predicted molar refractivity (Wildman–Crippen MR) is 59.5 cm³/mol. The van der Waals surface area contributed by atoms with Crippen molar-refractivity contribution in [3.8, 4) is 0 Å². The molecule has 0 N–H and O–H groups in total. The van der Waals surface area contributed by atoms with Crippen LogP contribution in [0.25, 0.3) is 0 Å². The van der Waals surface area contributed by atoms with Crippen molar-refractivity contribution in [2.75, 3.05) is 20.8 Å². The van der Waals surface area contributed by atoms with E-state index in [1.54, 1.807) is 0 Å². The van der Waals surface area contributed by atoms with Crippen LogP contribution in [0.1, 0.15) is 5.56 Å². The summed E-state index contributed by atoms with van der Waals surface area (Å²) >= 11 is 12.0. The second-order valence-corrected chi connectivity index (χ2v) is 4.49. The Morgan fingerprint density at radius 1 is 1.21 bits per heavy atom. The number of benzene rings is 1. The summed E-state index contributed by atoms with van der Waals surface area (Å²) in [6.07, 6.45) is 0. The number of alkyl halides is 2. The van der Waals surface area contributed by atoms with Crippen LogP contribution in [0.15, 0.2) is 30.3 Å². The van der Waals surface area contributed by atoms with Crippen LogP contribution in [0.5, 0.6) is 0 Å². The second kappa shape index (κ2) is 4.99. The van der Waals surface area contributed by atoms with Crippen molar-refractivity contribution in [3.63, 3.8) is 0 Å². The fourth-order valence-electron chi connectivity index (χ4n) is 0.926. The quantitative estimate of drug-likeness (QED) is 0.586. The third-order valence-corrected chi connectivity index (χ3v) is 2.27. The van der Waals surface area contributed by atoms with Gasteiger partial charge in [0.1, 0.15) is 6.73 Å². The van der Waals surface area contributed by atoms with Gasteiger partial charge in [-0.2, -0.15) is 0 Å². The van der Waals surface area contributed by atoms with Gasteiger partial charge in [-0.3, -0.25) is 4.90 Å². The first kappa shape index (κ1) is 11.8. The maximum absolute atomic E-state index is 6.02. The fraction of sp³-hybridized carbons (Fsp3) is 0.400. The molecule has 0 radical (unpaired) electrons. The standard InChI is InChI=1S/C10H13Cl2NO/c1-13(2)8-14-10(11,12)9-6-4-3-5-7-9/h3-7H,8H2,1-2H3. The SMILES string of the molecule is CN(C)COC(Cl)(Cl)c1ccccc1. The monoisotopic (exact) mass is 233 g/mol.